The van der Waals surface area contributed by atoms with Crippen LogP contribution in [-0.4, -0.2) is 18.9 Å². The first-order valence-corrected chi connectivity index (χ1v) is 5.07. The van der Waals surface area contributed by atoms with Crippen LogP contribution in [-0.2, 0) is 9.47 Å². The number of benzene rings is 1. The first-order chi connectivity index (χ1) is 7.24. The van der Waals surface area contributed by atoms with Gasteiger partial charge in [0, 0.05) is 0 Å². The maximum absolute atomic E-state index is 11.4. The van der Waals surface area contributed by atoms with Gasteiger partial charge in [-0.3, -0.25) is 0 Å². The van der Waals surface area contributed by atoms with Crippen molar-refractivity contribution in [3.05, 3.63) is 35.9 Å². The molecule has 1 aromatic carbocycles. The van der Waals surface area contributed by atoms with Crippen LogP contribution < -0.4 is 0 Å². The van der Waals surface area contributed by atoms with Crippen LogP contribution in [0.3, 0.4) is 0 Å². The topological polar surface area (TPSA) is 35.5 Å². The predicted octanol–water partition coefficient (Wildman–Crippen LogP) is 2.62. The highest BCUT2D eigenvalue weighted by atomic mass is 16.7. The molecule has 1 atom stereocenters. The number of hydrogen-bond acceptors (Lipinski definition) is 3. The van der Waals surface area contributed by atoms with Crippen molar-refractivity contribution in [1.29, 1.82) is 0 Å². The molecule has 0 aliphatic heterocycles. The first-order valence-electron chi connectivity index (χ1n) is 5.07. The summed E-state index contributed by atoms with van der Waals surface area (Å²) in [4.78, 5) is 11.4. The molecule has 0 heterocycles. The lowest BCUT2D eigenvalue weighted by atomic mass is 10.2. The molecule has 0 radical (unpaired) electrons. The Kier molecular flexibility index (Phi) is 4.84. The van der Waals surface area contributed by atoms with E-state index in [1.807, 2.05) is 19.9 Å². The van der Waals surface area contributed by atoms with E-state index in [2.05, 4.69) is 0 Å². The molecule has 0 fully saturated rings. The second-order valence-electron chi connectivity index (χ2n) is 3.30. The third-order valence-electron chi connectivity index (χ3n) is 2.13. The zero-order valence-corrected chi connectivity index (χ0v) is 9.10. The quantitative estimate of drug-likeness (QED) is 0.551. The van der Waals surface area contributed by atoms with Gasteiger partial charge in [0.05, 0.1) is 11.7 Å². The highest BCUT2D eigenvalue weighted by Gasteiger charge is 2.06. The minimum Gasteiger partial charge on any atom is -0.435 e. The van der Waals surface area contributed by atoms with Crippen molar-refractivity contribution in [2.75, 3.05) is 6.79 Å². The summed E-state index contributed by atoms with van der Waals surface area (Å²) in [6.07, 6.45) is 1.02. The molecule has 1 aromatic rings. The van der Waals surface area contributed by atoms with E-state index < -0.39 is 0 Å². The maximum atomic E-state index is 11.4. The van der Waals surface area contributed by atoms with Crippen LogP contribution in [0.5, 0.6) is 0 Å². The summed E-state index contributed by atoms with van der Waals surface area (Å²) in [6.45, 7) is 3.97. The summed E-state index contributed by atoms with van der Waals surface area (Å²) >= 11 is 0. The number of esters is 1. The lowest BCUT2D eigenvalue weighted by Crippen LogP contribution is -2.13. The summed E-state index contributed by atoms with van der Waals surface area (Å²) in [5.41, 5.74) is 0.547. The van der Waals surface area contributed by atoms with E-state index in [-0.39, 0.29) is 18.9 Å². The molecule has 0 N–H and O–H groups in total. The Morgan fingerprint density at radius 1 is 1.33 bits per heavy atom. The third kappa shape index (κ3) is 4.13. The zero-order chi connectivity index (χ0) is 11.1. The van der Waals surface area contributed by atoms with E-state index >= 15 is 0 Å². The fourth-order valence-electron chi connectivity index (χ4n) is 0.979. The molecule has 82 valence electrons. The smallest absolute Gasteiger partial charge is 0.340 e. The van der Waals surface area contributed by atoms with Crippen LogP contribution in [0.4, 0.5) is 0 Å². The molecule has 0 bridgehead atoms. The van der Waals surface area contributed by atoms with E-state index in [0.29, 0.717) is 5.56 Å². The number of carbonyl (C=O) groups excluding carboxylic acids is 1. The van der Waals surface area contributed by atoms with Crippen LogP contribution in [0.1, 0.15) is 30.6 Å². The Bertz CT molecular complexity index is 295. The van der Waals surface area contributed by atoms with Gasteiger partial charge in [0.25, 0.3) is 0 Å². The SMILES string of the molecule is CCC(C)OCOC(=O)c1ccccc1. The van der Waals surface area contributed by atoms with Gasteiger partial charge >= 0.3 is 5.97 Å². The highest BCUT2D eigenvalue weighted by Crippen LogP contribution is 2.02. The largest absolute Gasteiger partial charge is 0.435 e. The van der Waals surface area contributed by atoms with Gasteiger partial charge in [0.1, 0.15) is 0 Å². The van der Waals surface area contributed by atoms with E-state index in [4.69, 9.17) is 9.47 Å². The van der Waals surface area contributed by atoms with Crippen molar-refractivity contribution >= 4 is 5.97 Å². The van der Waals surface area contributed by atoms with Gasteiger partial charge in [0.15, 0.2) is 6.79 Å². The summed E-state index contributed by atoms with van der Waals surface area (Å²) < 4.78 is 10.2. The Hall–Kier alpha value is -1.35. The molecule has 0 amide bonds. The molecule has 3 nitrogen and oxygen atoms in total. The van der Waals surface area contributed by atoms with Gasteiger partial charge in [-0.25, -0.2) is 4.79 Å². The fraction of sp³-hybridized carbons (Fsp3) is 0.417. The lowest BCUT2D eigenvalue weighted by Gasteiger charge is -2.10. The second kappa shape index (κ2) is 6.19. The van der Waals surface area contributed by atoms with Crippen molar-refractivity contribution in [1.82, 2.24) is 0 Å². The molecule has 0 saturated heterocycles. The van der Waals surface area contributed by atoms with Crippen LogP contribution in [0.2, 0.25) is 0 Å². The molecular formula is C12H16O3. The third-order valence-corrected chi connectivity index (χ3v) is 2.13. The summed E-state index contributed by atoms with van der Waals surface area (Å²) in [6, 6.07) is 8.88. The Balaban J connectivity index is 2.31. The summed E-state index contributed by atoms with van der Waals surface area (Å²) in [7, 11) is 0. The molecule has 0 aromatic heterocycles. The Morgan fingerprint density at radius 2 is 2.00 bits per heavy atom. The molecule has 0 spiro atoms. The zero-order valence-electron chi connectivity index (χ0n) is 9.10. The van der Waals surface area contributed by atoms with Crippen LogP contribution >= 0.6 is 0 Å². The number of rotatable bonds is 5. The van der Waals surface area contributed by atoms with E-state index in [0.717, 1.165) is 6.42 Å². The first kappa shape index (κ1) is 11.7. The number of carbonyl (C=O) groups is 1. The van der Waals surface area contributed by atoms with E-state index in [1.54, 1.807) is 24.3 Å². The monoisotopic (exact) mass is 208 g/mol. The molecule has 1 rings (SSSR count). The molecule has 1 unspecified atom stereocenters. The molecule has 15 heavy (non-hydrogen) atoms. The Labute approximate surface area is 90.0 Å². The van der Waals surface area contributed by atoms with Crippen molar-refractivity contribution in [3.8, 4) is 0 Å². The highest BCUT2D eigenvalue weighted by molar-refractivity contribution is 5.89. The van der Waals surface area contributed by atoms with Gasteiger partial charge in [-0.1, -0.05) is 25.1 Å². The van der Waals surface area contributed by atoms with Crippen molar-refractivity contribution in [2.45, 2.75) is 26.4 Å². The van der Waals surface area contributed by atoms with Crippen LogP contribution in [0.15, 0.2) is 30.3 Å². The maximum Gasteiger partial charge on any atom is 0.340 e. The second-order valence-corrected chi connectivity index (χ2v) is 3.30. The van der Waals surface area contributed by atoms with Crippen LogP contribution in [0, 0.1) is 0 Å². The normalized spacial score (nSPS) is 12.1. The van der Waals surface area contributed by atoms with Gasteiger partial charge in [0.2, 0.25) is 0 Å². The summed E-state index contributed by atoms with van der Waals surface area (Å²) in [5.74, 6) is -0.348. The predicted molar refractivity (Wildman–Crippen MR) is 57.6 cm³/mol. The minimum atomic E-state index is -0.348. The lowest BCUT2D eigenvalue weighted by molar-refractivity contribution is -0.0603. The average Bonchev–Trinajstić information content (AvgIpc) is 2.29. The van der Waals surface area contributed by atoms with E-state index in [1.165, 1.54) is 0 Å². The molecule has 0 aliphatic rings. The van der Waals surface area contributed by atoms with Gasteiger partial charge < -0.3 is 9.47 Å². The average molecular weight is 208 g/mol. The van der Waals surface area contributed by atoms with E-state index in [9.17, 15) is 4.79 Å². The summed E-state index contributed by atoms with van der Waals surface area (Å²) in [5, 5.41) is 0. The Morgan fingerprint density at radius 3 is 2.60 bits per heavy atom. The molecule has 0 saturated carbocycles. The molecule has 3 heteroatoms. The number of hydrogen-bond donors (Lipinski definition) is 0. The van der Waals surface area contributed by atoms with Crippen molar-refractivity contribution in [3.63, 3.8) is 0 Å². The standard InChI is InChI=1S/C12H16O3/c1-3-10(2)14-9-15-12(13)11-7-5-4-6-8-11/h4-8,10H,3,9H2,1-2H3. The van der Waals surface area contributed by atoms with Gasteiger partial charge in [-0.15, -0.1) is 0 Å². The molecule has 0 aliphatic carbocycles. The fourth-order valence-corrected chi connectivity index (χ4v) is 0.979. The minimum absolute atomic E-state index is 0.0166. The number of ether oxygens (including phenoxy) is 2. The van der Waals surface area contributed by atoms with Crippen LogP contribution in [0.25, 0.3) is 0 Å². The molecular weight excluding hydrogens is 192 g/mol. The van der Waals surface area contributed by atoms with Gasteiger partial charge in [-0.05, 0) is 25.5 Å². The van der Waals surface area contributed by atoms with Gasteiger partial charge in [-0.2, -0.15) is 0 Å². The van der Waals surface area contributed by atoms with Crippen molar-refractivity contribution in [2.24, 2.45) is 0 Å². The van der Waals surface area contributed by atoms with Crippen molar-refractivity contribution < 1.29 is 14.3 Å².